The Morgan fingerprint density at radius 3 is 2.77 bits per heavy atom. The van der Waals surface area contributed by atoms with Crippen LogP contribution in [0.5, 0.6) is 0 Å². The van der Waals surface area contributed by atoms with Gasteiger partial charge in [0.15, 0.2) is 0 Å². The molecular formula is C9H11N3O. The largest absolute Gasteiger partial charge is 0.366 e. The molecule has 0 unspecified atom stereocenters. The standard InChI is InChI=1S/C9H11N3O/c1-6(10)12-8-4-2-3-7(5-8)9(11)13/h2-5H,1H3,(H2,10,12)(H2,11,13). The van der Waals surface area contributed by atoms with Crippen LogP contribution in [0.2, 0.25) is 0 Å². The molecule has 1 amide bonds. The number of benzene rings is 1. The minimum atomic E-state index is -0.466. The number of hydrogen-bond donors (Lipinski definition) is 3. The average Bonchev–Trinajstić information content (AvgIpc) is 2.03. The molecule has 0 heterocycles. The van der Waals surface area contributed by atoms with Crippen molar-refractivity contribution in [2.75, 3.05) is 5.32 Å². The summed E-state index contributed by atoms with van der Waals surface area (Å²) in [6, 6.07) is 6.73. The molecule has 4 heteroatoms. The van der Waals surface area contributed by atoms with Crippen molar-refractivity contribution < 1.29 is 4.79 Å². The molecule has 68 valence electrons. The van der Waals surface area contributed by atoms with Crippen LogP contribution in [0.1, 0.15) is 17.3 Å². The van der Waals surface area contributed by atoms with Gasteiger partial charge in [-0.15, -0.1) is 0 Å². The molecule has 0 aliphatic heterocycles. The quantitative estimate of drug-likeness (QED) is 0.468. The molecule has 0 atom stereocenters. The lowest BCUT2D eigenvalue weighted by Gasteiger charge is -2.04. The molecule has 0 bridgehead atoms. The van der Waals surface area contributed by atoms with Gasteiger partial charge >= 0.3 is 0 Å². The Balaban J connectivity index is 2.91. The zero-order valence-electron chi connectivity index (χ0n) is 7.29. The first-order chi connectivity index (χ1) is 6.09. The number of primary amides is 1. The van der Waals surface area contributed by atoms with Crippen molar-refractivity contribution >= 4 is 17.4 Å². The van der Waals surface area contributed by atoms with E-state index in [1.54, 1.807) is 31.2 Å². The maximum atomic E-state index is 10.8. The number of hydrogen-bond acceptors (Lipinski definition) is 2. The number of carbonyl (C=O) groups is 1. The van der Waals surface area contributed by atoms with E-state index in [1.807, 2.05) is 0 Å². The smallest absolute Gasteiger partial charge is 0.248 e. The van der Waals surface area contributed by atoms with Crippen LogP contribution in [0.3, 0.4) is 0 Å². The number of anilines is 1. The van der Waals surface area contributed by atoms with Crippen LogP contribution in [0.15, 0.2) is 24.3 Å². The Morgan fingerprint density at radius 1 is 1.54 bits per heavy atom. The zero-order valence-corrected chi connectivity index (χ0v) is 7.29. The van der Waals surface area contributed by atoms with Crippen molar-refractivity contribution in [2.24, 2.45) is 5.73 Å². The lowest BCUT2D eigenvalue weighted by molar-refractivity contribution is 0.100. The molecule has 4 N–H and O–H groups in total. The average molecular weight is 177 g/mol. The van der Waals surface area contributed by atoms with Gasteiger partial charge in [0.2, 0.25) is 5.91 Å². The van der Waals surface area contributed by atoms with E-state index in [2.05, 4.69) is 5.32 Å². The summed E-state index contributed by atoms with van der Waals surface area (Å²) in [5.74, 6) is -0.145. The fraction of sp³-hybridized carbons (Fsp3) is 0.111. The van der Waals surface area contributed by atoms with Gasteiger partial charge in [0.25, 0.3) is 0 Å². The molecule has 0 saturated heterocycles. The third-order valence-electron chi connectivity index (χ3n) is 1.48. The molecule has 1 rings (SSSR count). The predicted octanol–water partition coefficient (Wildman–Crippen LogP) is 1.19. The van der Waals surface area contributed by atoms with Gasteiger partial charge in [-0.1, -0.05) is 6.07 Å². The number of amidine groups is 1. The Hall–Kier alpha value is -1.84. The minimum Gasteiger partial charge on any atom is -0.366 e. The van der Waals surface area contributed by atoms with Crippen LogP contribution in [0.4, 0.5) is 5.69 Å². The predicted molar refractivity (Wildman–Crippen MR) is 52.0 cm³/mol. The van der Waals surface area contributed by atoms with Crippen LogP contribution >= 0.6 is 0 Å². The van der Waals surface area contributed by atoms with E-state index < -0.39 is 5.91 Å². The summed E-state index contributed by atoms with van der Waals surface area (Å²) in [6.45, 7) is 1.62. The Labute approximate surface area is 76.3 Å². The summed E-state index contributed by atoms with van der Waals surface area (Å²) in [4.78, 5) is 10.8. The fourth-order valence-electron chi connectivity index (χ4n) is 0.967. The van der Waals surface area contributed by atoms with Gasteiger partial charge in [0.1, 0.15) is 0 Å². The van der Waals surface area contributed by atoms with Crippen molar-refractivity contribution in [3.63, 3.8) is 0 Å². The first-order valence-electron chi connectivity index (χ1n) is 3.81. The zero-order chi connectivity index (χ0) is 9.84. The van der Waals surface area contributed by atoms with Crippen LogP contribution < -0.4 is 11.1 Å². The first-order valence-corrected chi connectivity index (χ1v) is 3.81. The SMILES string of the molecule is CC(=N)Nc1cccc(C(N)=O)c1. The molecule has 0 radical (unpaired) electrons. The fourth-order valence-corrected chi connectivity index (χ4v) is 0.967. The van der Waals surface area contributed by atoms with E-state index >= 15 is 0 Å². The second kappa shape index (κ2) is 3.71. The molecule has 0 spiro atoms. The molecule has 0 fully saturated rings. The van der Waals surface area contributed by atoms with Gasteiger partial charge in [-0.25, -0.2) is 0 Å². The molecule has 4 nitrogen and oxygen atoms in total. The van der Waals surface area contributed by atoms with Gasteiger partial charge in [0.05, 0.1) is 5.84 Å². The second-order valence-corrected chi connectivity index (χ2v) is 2.70. The molecular weight excluding hydrogens is 166 g/mol. The number of nitrogens with one attached hydrogen (secondary N) is 2. The van der Waals surface area contributed by atoms with E-state index in [1.165, 1.54) is 0 Å². The van der Waals surface area contributed by atoms with Gasteiger partial charge in [0, 0.05) is 11.3 Å². The third kappa shape index (κ3) is 2.59. The van der Waals surface area contributed by atoms with Gasteiger partial charge in [-0.2, -0.15) is 0 Å². The van der Waals surface area contributed by atoms with Crippen molar-refractivity contribution in [1.82, 2.24) is 0 Å². The maximum Gasteiger partial charge on any atom is 0.248 e. The third-order valence-corrected chi connectivity index (χ3v) is 1.48. The van der Waals surface area contributed by atoms with E-state index in [-0.39, 0.29) is 0 Å². The summed E-state index contributed by atoms with van der Waals surface area (Å²) in [5.41, 5.74) is 6.23. The van der Waals surface area contributed by atoms with Crippen molar-refractivity contribution in [3.8, 4) is 0 Å². The topological polar surface area (TPSA) is 79.0 Å². The van der Waals surface area contributed by atoms with Gasteiger partial charge in [-0.3, -0.25) is 10.2 Å². The Morgan fingerprint density at radius 2 is 2.23 bits per heavy atom. The monoisotopic (exact) mass is 177 g/mol. The van der Waals surface area contributed by atoms with Crippen LogP contribution in [-0.2, 0) is 0 Å². The summed E-state index contributed by atoms with van der Waals surface area (Å²) >= 11 is 0. The summed E-state index contributed by atoms with van der Waals surface area (Å²) < 4.78 is 0. The van der Waals surface area contributed by atoms with E-state index in [0.29, 0.717) is 17.1 Å². The van der Waals surface area contributed by atoms with Crippen molar-refractivity contribution in [2.45, 2.75) is 6.92 Å². The second-order valence-electron chi connectivity index (χ2n) is 2.70. The van der Waals surface area contributed by atoms with E-state index in [4.69, 9.17) is 11.1 Å². The van der Waals surface area contributed by atoms with Crippen molar-refractivity contribution in [3.05, 3.63) is 29.8 Å². The lowest BCUT2D eigenvalue weighted by Crippen LogP contribution is -2.12. The molecule has 13 heavy (non-hydrogen) atoms. The van der Waals surface area contributed by atoms with E-state index in [9.17, 15) is 4.79 Å². The first kappa shape index (κ1) is 9.25. The maximum absolute atomic E-state index is 10.8. The minimum absolute atomic E-state index is 0.321. The summed E-state index contributed by atoms with van der Waals surface area (Å²) in [7, 11) is 0. The highest BCUT2D eigenvalue weighted by atomic mass is 16.1. The summed E-state index contributed by atoms with van der Waals surface area (Å²) in [5, 5.41) is 9.96. The molecule has 0 aromatic heterocycles. The molecule has 0 saturated carbocycles. The van der Waals surface area contributed by atoms with Gasteiger partial charge < -0.3 is 11.1 Å². The highest BCUT2D eigenvalue weighted by Gasteiger charge is 2.00. The number of amides is 1. The number of carbonyl (C=O) groups excluding carboxylic acids is 1. The molecule has 0 aliphatic carbocycles. The van der Waals surface area contributed by atoms with Crippen LogP contribution in [0, 0.1) is 5.41 Å². The Kier molecular flexibility index (Phi) is 2.64. The highest BCUT2D eigenvalue weighted by molar-refractivity contribution is 5.96. The number of nitrogens with two attached hydrogens (primary N) is 1. The van der Waals surface area contributed by atoms with E-state index in [0.717, 1.165) is 0 Å². The van der Waals surface area contributed by atoms with Crippen molar-refractivity contribution in [1.29, 1.82) is 5.41 Å². The lowest BCUT2D eigenvalue weighted by atomic mass is 10.2. The normalized spacial score (nSPS) is 9.31. The van der Waals surface area contributed by atoms with Gasteiger partial charge in [-0.05, 0) is 25.1 Å². The number of rotatable bonds is 2. The Bertz CT molecular complexity index is 346. The highest BCUT2D eigenvalue weighted by Crippen LogP contribution is 2.09. The molecule has 0 aliphatic rings. The van der Waals surface area contributed by atoms with Crippen LogP contribution in [0.25, 0.3) is 0 Å². The molecule has 1 aromatic carbocycles. The molecule has 1 aromatic rings. The summed E-state index contributed by atoms with van der Waals surface area (Å²) in [6.07, 6.45) is 0. The van der Waals surface area contributed by atoms with Crippen LogP contribution in [-0.4, -0.2) is 11.7 Å².